The highest BCUT2D eigenvalue weighted by molar-refractivity contribution is 7.80. The highest BCUT2D eigenvalue weighted by atomic mass is 35.5. The van der Waals surface area contributed by atoms with Crippen molar-refractivity contribution in [2.24, 2.45) is 0 Å². The van der Waals surface area contributed by atoms with E-state index in [0.717, 1.165) is 44.0 Å². The van der Waals surface area contributed by atoms with E-state index in [1.54, 1.807) is 18.2 Å². The predicted molar refractivity (Wildman–Crippen MR) is 81.3 cm³/mol. The summed E-state index contributed by atoms with van der Waals surface area (Å²) in [6, 6.07) is 5.26. The molecule has 1 fully saturated rings. The number of carbonyl (C=O) groups is 1. The van der Waals surface area contributed by atoms with Gasteiger partial charge in [0.25, 0.3) is 5.91 Å². The third kappa shape index (κ3) is 3.65. The van der Waals surface area contributed by atoms with E-state index in [4.69, 9.17) is 11.6 Å². The van der Waals surface area contributed by atoms with Crippen LogP contribution in [0.3, 0.4) is 0 Å². The lowest BCUT2D eigenvalue weighted by Gasteiger charge is -2.34. The molecule has 0 saturated carbocycles. The van der Waals surface area contributed by atoms with E-state index in [1.165, 1.54) is 0 Å². The Morgan fingerprint density at radius 2 is 2.00 bits per heavy atom. The lowest BCUT2D eigenvalue weighted by molar-refractivity contribution is 0.0637. The van der Waals surface area contributed by atoms with E-state index in [2.05, 4.69) is 24.5 Å². The van der Waals surface area contributed by atoms with Gasteiger partial charge in [-0.15, -0.1) is 12.6 Å². The molecule has 5 heteroatoms. The number of hydrogen-bond donors (Lipinski definition) is 1. The van der Waals surface area contributed by atoms with Crippen molar-refractivity contribution in [3.8, 4) is 0 Å². The molecule has 0 atom stereocenters. The van der Waals surface area contributed by atoms with E-state index in [-0.39, 0.29) is 5.91 Å². The summed E-state index contributed by atoms with van der Waals surface area (Å²) in [4.78, 5) is 17.5. The molecule has 0 radical (unpaired) electrons. The van der Waals surface area contributed by atoms with Crippen LogP contribution >= 0.6 is 24.2 Å². The fourth-order valence-corrected chi connectivity index (χ4v) is 2.74. The van der Waals surface area contributed by atoms with Gasteiger partial charge in [0.2, 0.25) is 0 Å². The van der Waals surface area contributed by atoms with Gasteiger partial charge in [0.15, 0.2) is 0 Å². The predicted octanol–water partition coefficient (Wildman–Crippen LogP) is 2.80. The smallest absolute Gasteiger partial charge is 0.255 e. The molecule has 1 aliphatic heterocycles. The zero-order valence-electron chi connectivity index (χ0n) is 11.1. The van der Waals surface area contributed by atoms with E-state index < -0.39 is 0 Å². The summed E-state index contributed by atoms with van der Waals surface area (Å²) in [5, 5.41) is 0.499. The van der Waals surface area contributed by atoms with Gasteiger partial charge in [0.1, 0.15) is 0 Å². The van der Waals surface area contributed by atoms with E-state index >= 15 is 0 Å². The van der Waals surface area contributed by atoms with Crippen LogP contribution in [0.15, 0.2) is 23.1 Å². The molecule has 19 heavy (non-hydrogen) atoms. The van der Waals surface area contributed by atoms with Crippen LogP contribution in [0.4, 0.5) is 0 Å². The molecule has 104 valence electrons. The van der Waals surface area contributed by atoms with Crippen LogP contribution in [0, 0.1) is 0 Å². The van der Waals surface area contributed by atoms with Gasteiger partial charge in [0.05, 0.1) is 10.6 Å². The summed E-state index contributed by atoms with van der Waals surface area (Å²) >= 11 is 10.4. The summed E-state index contributed by atoms with van der Waals surface area (Å²) in [6.07, 6.45) is 1.15. The first-order valence-electron chi connectivity index (χ1n) is 6.62. The van der Waals surface area contributed by atoms with Crippen LogP contribution in [0.25, 0.3) is 0 Å². The minimum absolute atomic E-state index is 0.0112. The van der Waals surface area contributed by atoms with Crippen molar-refractivity contribution in [3.05, 3.63) is 28.8 Å². The Balaban J connectivity index is 2.03. The number of nitrogens with zero attached hydrogens (tertiary/aromatic N) is 2. The quantitative estimate of drug-likeness (QED) is 0.868. The third-order valence-electron chi connectivity index (χ3n) is 3.38. The SMILES string of the molecule is CCCN1CCN(C(=O)c2cc(S)ccc2Cl)CC1. The Labute approximate surface area is 124 Å². The maximum absolute atomic E-state index is 12.4. The van der Waals surface area contributed by atoms with Crippen molar-refractivity contribution < 1.29 is 4.79 Å². The number of amides is 1. The number of benzene rings is 1. The fourth-order valence-electron chi connectivity index (χ4n) is 2.34. The minimum Gasteiger partial charge on any atom is -0.336 e. The average molecular weight is 299 g/mol. The Hall–Kier alpha value is -0.710. The molecule has 0 N–H and O–H groups in total. The molecule has 0 aliphatic carbocycles. The summed E-state index contributed by atoms with van der Waals surface area (Å²) in [5.74, 6) is 0.0112. The number of halogens is 1. The molecule has 0 unspecified atom stereocenters. The summed E-state index contributed by atoms with van der Waals surface area (Å²) in [5.41, 5.74) is 0.554. The molecule has 1 amide bonds. The van der Waals surface area contributed by atoms with Crippen molar-refractivity contribution in [2.45, 2.75) is 18.2 Å². The normalized spacial score (nSPS) is 16.7. The van der Waals surface area contributed by atoms with E-state index in [9.17, 15) is 4.79 Å². The second-order valence-electron chi connectivity index (χ2n) is 4.80. The van der Waals surface area contributed by atoms with Gasteiger partial charge in [-0.2, -0.15) is 0 Å². The first-order valence-corrected chi connectivity index (χ1v) is 7.44. The molecule has 2 rings (SSSR count). The zero-order valence-corrected chi connectivity index (χ0v) is 12.8. The second-order valence-corrected chi connectivity index (χ2v) is 5.72. The fraction of sp³-hybridized carbons (Fsp3) is 0.500. The molecule has 0 bridgehead atoms. The second kappa shape index (κ2) is 6.64. The first kappa shape index (κ1) is 14.7. The van der Waals surface area contributed by atoms with Crippen LogP contribution in [-0.2, 0) is 0 Å². The molecule has 1 aromatic rings. The van der Waals surface area contributed by atoms with Crippen molar-refractivity contribution in [3.63, 3.8) is 0 Å². The lowest BCUT2D eigenvalue weighted by Crippen LogP contribution is -2.48. The maximum Gasteiger partial charge on any atom is 0.255 e. The summed E-state index contributed by atoms with van der Waals surface area (Å²) in [7, 11) is 0. The minimum atomic E-state index is 0.0112. The van der Waals surface area contributed by atoms with Crippen molar-refractivity contribution in [2.75, 3.05) is 32.7 Å². The maximum atomic E-state index is 12.4. The third-order valence-corrected chi connectivity index (χ3v) is 3.99. The van der Waals surface area contributed by atoms with Crippen LogP contribution in [0.1, 0.15) is 23.7 Å². The number of carbonyl (C=O) groups excluding carboxylic acids is 1. The number of rotatable bonds is 3. The van der Waals surface area contributed by atoms with Crippen molar-refractivity contribution >= 4 is 30.1 Å². The van der Waals surface area contributed by atoms with Gasteiger partial charge in [-0.3, -0.25) is 9.69 Å². The molecule has 0 spiro atoms. The molecule has 1 saturated heterocycles. The average Bonchev–Trinajstić information content (AvgIpc) is 2.42. The molecule has 1 heterocycles. The molecular formula is C14H19ClN2OS. The standard InChI is InChI=1S/C14H19ClN2OS/c1-2-5-16-6-8-17(9-7-16)14(18)12-10-11(19)3-4-13(12)15/h3-4,10,19H,2,5-9H2,1H3. The Morgan fingerprint density at radius 3 is 2.63 bits per heavy atom. The largest absolute Gasteiger partial charge is 0.336 e. The zero-order chi connectivity index (χ0) is 13.8. The van der Waals surface area contributed by atoms with Crippen molar-refractivity contribution in [1.29, 1.82) is 0 Å². The topological polar surface area (TPSA) is 23.6 Å². The van der Waals surface area contributed by atoms with Gasteiger partial charge in [-0.25, -0.2) is 0 Å². The molecule has 1 aromatic carbocycles. The summed E-state index contributed by atoms with van der Waals surface area (Å²) < 4.78 is 0. The van der Waals surface area contributed by atoms with Gasteiger partial charge in [-0.1, -0.05) is 18.5 Å². The summed E-state index contributed by atoms with van der Waals surface area (Å²) in [6.45, 7) is 6.71. The Bertz CT molecular complexity index is 459. The number of hydrogen-bond acceptors (Lipinski definition) is 3. The highest BCUT2D eigenvalue weighted by Gasteiger charge is 2.23. The van der Waals surface area contributed by atoms with Crippen LogP contribution in [0.2, 0.25) is 5.02 Å². The Kier molecular flexibility index (Phi) is 5.13. The Morgan fingerprint density at radius 1 is 1.32 bits per heavy atom. The van der Waals surface area contributed by atoms with Crippen LogP contribution < -0.4 is 0 Å². The van der Waals surface area contributed by atoms with Gasteiger partial charge >= 0.3 is 0 Å². The van der Waals surface area contributed by atoms with Gasteiger partial charge in [0, 0.05) is 31.1 Å². The van der Waals surface area contributed by atoms with E-state index in [1.807, 2.05) is 4.90 Å². The molecule has 3 nitrogen and oxygen atoms in total. The first-order chi connectivity index (χ1) is 9.11. The highest BCUT2D eigenvalue weighted by Crippen LogP contribution is 2.21. The van der Waals surface area contributed by atoms with Crippen LogP contribution in [-0.4, -0.2) is 48.4 Å². The van der Waals surface area contributed by atoms with E-state index in [0.29, 0.717) is 10.6 Å². The number of piperazine rings is 1. The van der Waals surface area contributed by atoms with Gasteiger partial charge in [-0.05, 0) is 31.2 Å². The van der Waals surface area contributed by atoms with Crippen molar-refractivity contribution in [1.82, 2.24) is 9.80 Å². The van der Waals surface area contributed by atoms with Crippen LogP contribution in [0.5, 0.6) is 0 Å². The molecule has 1 aliphatic rings. The monoisotopic (exact) mass is 298 g/mol. The lowest BCUT2D eigenvalue weighted by atomic mass is 10.1. The molecular weight excluding hydrogens is 280 g/mol. The number of thiol groups is 1. The molecule has 0 aromatic heterocycles. The van der Waals surface area contributed by atoms with Gasteiger partial charge < -0.3 is 4.90 Å².